The predicted octanol–water partition coefficient (Wildman–Crippen LogP) is 2.57. The fourth-order valence-electron chi connectivity index (χ4n) is 2.04. The molecule has 0 fully saturated rings. The molecular weight excluding hydrogens is 245 g/mol. The number of hydrogen-bond donors (Lipinski definition) is 1. The summed E-state index contributed by atoms with van der Waals surface area (Å²) in [5, 5.41) is 3.19. The first-order chi connectivity index (χ1) is 9.27. The van der Waals surface area contributed by atoms with E-state index >= 15 is 0 Å². The van der Waals surface area contributed by atoms with E-state index in [-0.39, 0.29) is 5.82 Å². The van der Waals surface area contributed by atoms with Crippen molar-refractivity contribution in [1.82, 2.24) is 5.32 Å². The van der Waals surface area contributed by atoms with Gasteiger partial charge in [0.2, 0.25) is 0 Å². The maximum absolute atomic E-state index is 12.9. The maximum atomic E-state index is 12.9. The van der Waals surface area contributed by atoms with Gasteiger partial charge >= 0.3 is 0 Å². The fraction of sp³-hybridized carbons (Fsp3) is 0.600. The molecule has 0 spiro atoms. The summed E-state index contributed by atoms with van der Waals surface area (Å²) in [5.74, 6) is 0.214. The molecule has 1 aromatic carbocycles. The molecule has 0 saturated heterocycles. The topological polar surface area (TPSA) is 30.5 Å². The third kappa shape index (κ3) is 6.66. The molecule has 0 saturated carbocycles. The smallest absolute Gasteiger partial charge is 0.123 e. The van der Waals surface area contributed by atoms with E-state index in [0.717, 1.165) is 26.0 Å². The quantitative estimate of drug-likeness (QED) is 0.662. The summed E-state index contributed by atoms with van der Waals surface area (Å²) in [4.78, 5) is 0. The van der Waals surface area contributed by atoms with Gasteiger partial charge in [-0.2, -0.15) is 0 Å². The Morgan fingerprint density at radius 1 is 1.16 bits per heavy atom. The van der Waals surface area contributed by atoms with Crippen molar-refractivity contribution >= 4 is 0 Å². The molecule has 0 amide bonds. The van der Waals surface area contributed by atoms with Crippen LogP contribution in [0.1, 0.15) is 24.3 Å². The fourth-order valence-corrected chi connectivity index (χ4v) is 2.04. The van der Waals surface area contributed by atoms with Crippen LogP contribution in [0.15, 0.2) is 24.3 Å². The molecular formula is C15H24FNO2. The number of rotatable bonds is 10. The zero-order valence-corrected chi connectivity index (χ0v) is 11.8. The molecule has 0 aromatic heterocycles. The van der Waals surface area contributed by atoms with Gasteiger partial charge in [0.1, 0.15) is 5.82 Å². The molecule has 1 rings (SSSR count). The number of hydrogen-bond acceptors (Lipinski definition) is 3. The second-order valence-corrected chi connectivity index (χ2v) is 4.55. The van der Waals surface area contributed by atoms with Crippen LogP contribution in [0.25, 0.3) is 0 Å². The van der Waals surface area contributed by atoms with Crippen molar-refractivity contribution in [3.8, 4) is 0 Å². The van der Waals surface area contributed by atoms with Crippen molar-refractivity contribution in [2.75, 3.05) is 40.5 Å². The van der Waals surface area contributed by atoms with Crippen LogP contribution in [0, 0.1) is 5.82 Å². The van der Waals surface area contributed by atoms with Crippen LogP contribution < -0.4 is 5.32 Å². The SMILES string of the molecule is CNCC(CCCOCCOC)c1ccc(F)cc1. The minimum absolute atomic E-state index is 0.185. The first-order valence-electron chi connectivity index (χ1n) is 6.74. The van der Waals surface area contributed by atoms with E-state index in [1.165, 1.54) is 17.7 Å². The Morgan fingerprint density at radius 2 is 1.89 bits per heavy atom. The molecule has 4 heteroatoms. The lowest BCUT2D eigenvalue weighted by Gasteiger charge is -2.17. The molecule has 108 valence electrons. The van der Waals surface area contributed by atoms with E-state index in [4.69, 9.17) is 9.47 Å². The van der Waals surface area contributed by atoms with Gasteiger partial charge in [-0.25, -0.2) is 4.39 Å². The zero-order valence-electron chi connectivity index (χ0n) is 11.8. The van der Waals surface area contributed by atoms with E-state index in [1.54, 1.807) is 7.11 Å². The van der Waals surface area contributed by atoms with Crippen LogP contribution >= 0.6 is 0 Å². The van der Waals surface area contributed by atoms with Crippen LogP contribution in [0.2, 0.25) is 0 Å². The van der Waals surface area contributed by atoms with Gasteiger partial charge in [0.05, 0.1) is 13.2 Å². The highest BCUT2D eigenvalue weighted by atomic mass is 19.1. The number of ether oxygens (including phenoxy) is 2. The minimum Gasteiger partial charge on any atom is -0.382 e. The summed E-state index contributed by atoms with van der Waals surface area (Å²) in [5.41, 5.74) is 1.17. The third-order valence-electron chi connectivity index (χ3n) is 3.06. The average Bonchev–Trinajstić information content (AvgIpc) is 2.42. The van der Waals surface area contributed by atoms with Crippen LogP contribution in [0.3, 0.4) is 0 Å². The predicted molar refractivity (Wildman–Crippen MR) is 75.0 cm³/mol. The lowest BCUT2D eigenvalue weighted by molar-refractivity contribution is 0.0681. The van der Waals surface area contributed by atoms with Gasteiger partial charge in [-0.15, -0.1) is 0 Å². The first kappa shape index (κ1) is 16.1. The lowest BCUT2D eigenvalue weighted by Crippen LogP contribution is -2.18. The van der Waals surface area contributed by atoms with Gasteiger partial charge < -0.3 is 14.8 Å². The summed E-state index contributed by atoms with van der Waals surface area (Å²) in [6, 6.07) is 6.77. The summed E-state index contributed by atoms with van der Waals surface area (Å²) < 4.78 is 23.3. The monoisotopic (exact) mass is 269 g/mol. The number of halogens is 1. The van der Waals surface area contributed by atoms with Gasteiger partial charge in [-0.1, -0.05) is 12.1 Å². The molecule has 3 nitrogen and oxygen atoms in total. The molecule has 1 atom stereocenters. The summed E-state index contributed by atoms with van der Waals surface area (Å²) in [6.45, 7) is 2.91. The molecule has 19 heavy (non-hydrogen) atoms. The third-order valence-corrected chi connectivity index (χ3v) is 3.06. The van der Waals surface area contributed by atoms with Gasteiger partial charge in [0.25, 0.3) is 0 Å². The summed E-state index contributed by atoms with van der Waals surface area (Å²) in [7, 11) is 3.60. The largest absolute Gasteiger partial charge is 0.382 e. The molecule has 1 unspecified atom stereocenters. The number of methoxy groups -OCH3 is 1. The molecule has 0 radical (unpaired) electrons. The molecule has 1 N–H and O–H groups in total. The molecule has 0 aliphatic carbocycles. The molecule has 0 aliphatic heterocycles. The van der Waals surface area contributed by atoms with Crippen molar-refractivity contribution in [2.45, 2.75) is 18.8 Å². The van der Waals surface area contributed by atoms with E-state index in [1.807, 2.05) is 19.2 Å². The highest BCUT2D eigenvalue weighted by Gasteiger charge is 2.10. The number of benzene rings is 1. The first-order valence-corrected chi connectivity index (χ1v) is 6.74. The van der Waals surface area contributed by atoms with Gasteiger partial charge in [-0.3, -0.25) is 0 Å². The lowest BCUT2D eigenvalue weighted by atomic mass is 9.94. The number of likely N-dealkylation sites (N-methyl/N-ethyl adjacent to an activating group) is 1. The van der Waals surface area contributed by atoms with Gasteiger partial charge in [-0.05, 0) is 43.5 Å². The van der Waals surface area contributed by atoms with Crippen molar-refractivity contribution in [1.29, 1.82) is 0 Å². The summed E-state index contributed by atoms with van der Waals surface area (Å²) >= 11 is 0. The molecule has 0 aliphatic rings. The zero-order chi connectivity index (χ0) is 13.9. The van der Waals surface area contributed by atoms with E-state index < -0.39 is 0 Å². The van der Waals surface area contributed by atoms with Gasteiger partial charge in [0, 0.05) is 20.3 Å². The van der Waals surface area contributed by atoms with E-state index in [9.17, 15) is 4.39 Å². The second-order valence-electron chi connectivity index (χ2n) is 4.55. The van der Waals surface area contributed by atoms with Crippen molar-refractivity contribution in [3.63, 3.8) is 0 Å². The minimum atomic E-state index is -0.185. The number of nitrogens with one attached hydrogen (secondary N) is 1. The van der Waals surface area contributed by atoms with E-state index in [2.05, 4.69) is 5.32 Å². The Labute approximate surface area is 115 Å². The van der Waals surface area contributed by atoms with Crippen LogP contribution in [-0.2, 0) is 9.47 Å². The van der Waals surface area contributed by atoms with Gasteiger partial charge in [0.15, 0.2) is 0 Å². The molecule has 1 aromatic rings. The Kier molecular flexibility index (Phi) is 8.38. The maximum Gasteiger partial charge on any atom is 0.123 e. The average molecular weight is 269 g/mol. The van der Waals surface area contributed by atoms with Crippen LogP contribution in [-0.4, -0.2) is 40.5 Å². The molecule has 0 heterocycles. The Bertz CT molecular complexity index is 329. The Morgan fingerprint density at radius 3 is 2.53 bits per heavy atom. The van der Waals surface area contributed by atoms with E-state index in [0.29, 0.717) is 19.1 Å². The second kappa shape index (κ2) is 9.89. The van der Waals surface area contributed by atoms with Crippen molar-refractivity contribution in [3.05, 3.63) is 35.6 Å². The van der Waals surface area contributed by atoms with Crippen LogP contribution in [0.5, 0.6) is 0 Å². The Balaban J connectivity index is 2.34. The highest BCUT2D eigenvalue weighted by molar-refractivity contribution is 5.20. The van der Waals surface area contributed by atoms with Crippen LogP contribution in [0.4, 0.5) is 4.39 Å². The standard InChI is InChI=1S/C15H24FNO2/c1-17-12-14(4-3-9-19-11-10-18-2)13-5-7-15(16)8-6-13/h5-8,14,17H,3-4,9-12H2,1-2H3. The highest BCUT2D eigenvalue weighted by Crippen LogP contribution is 2.21. The Hall–Kier alpha value is -0.970. The molecule has 0 bridgehead atoms. The van der Waals surface area contributed by atoms with Crippen molar-refractivity contribution in [2.24, 2.45) is 0 Å². The summed E-state index contributed by atoms with van der Waals surface area (Å²) in [6.07, 6.45) is 2.02. The normalized spacial score (nSPS) is 12.6. The van der Waals surface area contributed by atoms with Crippen molar-refractivity contribution < 1.29 is 13.9 Å².